The van der Waals surface area contributed by atoms with Crippen molar-refractivity contribution >= 4 is 5.91 Å². The van der Waals surface area contributed by atoms with Crippen molar-refractivity contribution in [3.8, 4) is 5.75 Å². The van der Waals surface area contributed by atoms with E-state index in [9.17, 15) is 9.18 Å². The number of methoxy groups -OCH3 is 1. The third-order valence-electron chi connectivity index (χ3n) is 3.99. The number of halogens is 1. The smallest absolute Gasteiger partial charge is 0.225 e. The van der Waals surface area contributed by atoms with Gasteiger partial charge in [0.2, 0.25) is 5.91 Å². The summed E-state index contributed by atoms with van der Waals surface area (Å²) in [6, 6.07) is 5.18. The molecule has 0 aromatic heterocycles. The summed E-state index contributed by atoms with van der Waals surface area (Å²) in [4.78, 5) is 14.1. The summed E-state index contributed by atoms with van der Waals surface area (Å²) in [5.41, 5.74) is 0.770. The van der Waals surface area contributed by atoms with Crippen LogP contribution in [0.3, 0.4) is 0 Å². The number of nitrogens with zero attached hydrogens (tertiary/aromatic N) is 1. The first-order valence-electron chi connectivity index (χ1n) is 7.32. The van der Waals surface area contributed by atoms with Crippen molar-refractivity contribution in [2.45, 2.75) is 32.4 Å². The maximum atomic E-state index is 13.7. The number of amides is 1. The predicted molar refractivity (Wildman–Crippen MR) is 79.6 cm³/mol. The molecule has 1 aliphatic rings. The van der Waals surface area contributed by atoms with Crippen LogP contribution >= 0.6 is 0 Å². The lowest BCUT2D eigenvalue weighted by atomic mass is 9.92. The van der Waals surface area contributed by atoms with Crippen LogP contribution in [0, 0.1) is 11.7 Å². The Morgan fingerprint density at radius 1 is 1.52 bits per heavy atom. The van der Waals surface area contributed by atoms with Gasteiger partial charge in [-0.3, -0.25) is 4.79 Å². The molecule has 4 nitrogen and oxygen atoms in total. The Bertz CT molecular complexity index is 507. The molecule has 1 aromatic carbocycles. The van der Waals surface area contributed by atoms with Gasteiger partial charge < -0.3 is 15.0 Å². The summed E-state index contributed by atoms with van der Waals surface area (Å²) < 4.78 is 18.6. The zero-order chi connectivity index (χ0) is 15.4. The summed E-state index contributed by atoms with van der Waals surface area (Å²) in [5.74, 6) is 0.0279. The number of rotatable bonds is 4. The van der Waals surface area contributed by atoms with Crippen molar-refractivity contribution in [3.05, 3.63) is 29.6 Å². The zero-order valence-corrected chi connectivity index (χ0v) is 12.9. The van der Waals surface area contributed by atoms with Gasteiger partial charge in [0, 0.05) is 25.6 Å². The minimum absolute atomic E-state index is 0.0642. The molecule has 1 aromatic rings. The molecule has 2 unspecified atom stereocenters. The predicted octanol–water partition coefficient (Wildman–Crippen LogP) is 2.18. The highest BCUT2D eigenvalue weighted by atomic mass is 19.1. The zero-order valence-electron chi connectivity index (χ0n) is 12.9. The first-order valence-corrected chi connectivity index (χ1v) is 7.32. The summed E-state index contributed by atoms with van der Waals surface area (Å²) in [7, 11) is 3.21. The molecule has 2 atom stereocenters. The van der Waals surface area contributed by atoms with Crippen molar-refractivity contribution in [1.82, 2.24) is 10.2 Å². The molecule has 5 heteroatoms. The maximum absolute atomic E-state index is 13.7. The Morgan fingerprint density at radius 2 is 2.29 bits per heavy atom. The molecule has 1 fully saturated rings. The van der Waals surface area contributed by atoms with E-state index in [4.69, 9.17) is 4.74 Å². The fraction of sp³-hybridized carbons (Fsp3) is 0.562. The van der Waals surface area contributed by atoms with E-state index in [1.807, 2.05) is 0 Å². The molecule has 0 saturated carbocycles. The van der Waals surface area contributed by atoms with Crippen LogP contribution in [0.1, 0.15) is 25.3 Å². The summed E-state index contributed by atoms with van der Waals surface area (Å²) in [6.07, 6.45) is 1.73. The van der Waals surface area contributed by atoms with Gasteiger partial charge in [0.15, 0.2) is 11.6 Å². The molecule has 1 heterocycles. The maximum Gasteiger partial charge on any atom is 0.225 e. The average Bonchev–Trinajstić information content (AvgIpc) is 2.46. The van der Waals surface area contributed by atoms with E-state index in [2.05, 4.69) is 12.2 Å². The van der Waals surface area contributed by atoms with Crippen LogP contribution in [0.25, 0.3) is 0 Å². The number of hydrogen-bond donors (Lipinski definition) is 1. The molecule has 116 valence electrons. The Kier molecular flexibility index (Phi) is 5.17. The lowest BCUT2D eigenvalue weighted by Gasteiger charge is -2.30. The Hall–Kier alpha value is -1.62. The second-order valence-corrected chi connectivity index (χ2v) is 5.74. The minimum Gasteiger partial charge on any atom is -0.494 e. The quantitative estimate of drug-likeness (QED) is 0.925. The van der Waals surface area contributed by atoms with Crippen LogP contribution in [0.2, 0.25) is 0 Å². The van der Waals surface area contributed by atoms with Gasteiger partial charge in [0.25, 0.3) is 0 Å². The fourth-order valence-electron chi connectivity index (χ4n) is 2.83. The van der Waals surface area contributed by atoms with Crippen LogP contribution in [-0.4, -0.2) is 37.6 Å². The lowest BCUT2D eigenvalue weighted by molar-refractivity contribution is -0.135. The lowest BCUT2D eigenvalue weighted by Crippen LogP contribution is -2.42. The monoisotopic (exact) mass is 294 g/mol. The number of benzene rings is 1. The van der Waals surface area contributed by atoms with Gasteiger partial charge in [-0.15, -0.1) is 0 Å². The summed E-state index contributed by atoms with van der Waals surface area (Å²) in [5, 5.41) is 3.34. The van der Waals surface area contributed by atoms with Gasteiger partial charge in [0.05, 0.1) is 7.11 Å². The highest BCUT2D eigenvalue weighted by molar-refractivity contribution is 5.78. The highest BCUT2D eigenvalue weighted by Gasteiger charge is 2.27. The van der Waals surface area contributed by atoms with E-state index in [0.717, 1.165) is 24.9 Å². The molecule has 1 amide bonds. The summed E-state index contributed by atoms with van der Waals surface area (Å²) >= 11 is 0. The fourth-order valence-corrected chi connectivity index (χ4v) is 2.83. The van der Waals surface area contributed by atoms with E-state index in [1.165, 1.54) is 13.2 Å². The van der Waals surface area contributed by atoms with E-state index >= 15 is 0 Å². The normalized spacial score (nSPS) is 21.9. The second-order valence-electron chi connectivity index (χ2n) is 5.74. The standard InChI is InChI=1S/C16H23FN2O2/c1-11-8-13(6-7-18-11)16(20)19(2)10-12-4-5-15(21-3)14(17)9-12/h4-5,9,11,13,18H,6-8,10H2,1-3H3. The van der Waals surface area contributed by atoms with Crippen molar-refractivity contribution in [2.24, 2.45) is 5.92 Å². The van der Waals surface area contributed by atoms with Crippen molar-refractivity contribution < 1.29 is 13.9 Å². The molecule has 1 saturated heterocycles. The van der Waals surface area contributed by atoms with Gasteiger partial charge in [-0.25, -0.2) is 4.39 Å². The molecule has 2 rings (SSSR count). The van der Waals surface area contributed by atoms with Gasteiger partial charge >= 0.3 is 0 Å². The largest absolute Gasteiger partial charge is 0.494 e. The van der Waals surface area contributed by atoms with Gasteiger partial charge in [-0.05, 0) is 44.0 Å². The molecule has 1 N–H and O–H groups in total. The molecule has 21 heavy (non-hydrogen) atoms. The number of carbonyl (C=O) groups is 1. The van der Waals surface area contributed by atoms with Crippen molar-refractivity contribution in [3.63, 3.8) is 0 Å². The van der Waals surface area contributed by atoms with E-state index in [-0.39, 0.29) is 17.6 Å². The van der Waals surface area contributed by atoms with Crippen molar-refractivity contribution in [2.75, 3.05) is 20.7 Å². The van der Waals surface area contributed by atoms with Crippen LogP contribution < -0.4 is 10.1 Å². The molecule has 1 aliphatic heterocycles. The van der Waals surface area contributed by atoms with E-state index < -0.39 is 5.82 Å². The highest BCUT2D eigenvalue weighted by Crippen LogP contribution is 2.21. The Labute approximate surface area is 125 Å². The van der Waals surface area contributed by atoms with Gasteiger partial charge in [0.1, 0.15) is 0 Å². The Morgan fingerprint density at radius 3 is 2.90 bits per heavy atom. The Balaban J connectivity index is 1.98. The molecular weight excluding hydrogens is 271 g/mol. The number of piperidine rings is 1. The number of ether oxygens (including phenoxy) is 1. The SMILES string of the molecule is COc1ccc(CN(C)C(=O)C2CCNC(C)C2)cc1F. The molecular formula is C16H23FN2O2. The van der Waals surface area contributed by atoms with Crippen molar-refractivity contribution in [1.29, 1.82) is 0 Å². The molecule has 0 spiro atoms. The third kappa shape index (κ3) is 3.94. The number of nitrogens with one attached hydrogen (secondary N) is 1. The van der Waals surface area contributed by atoms with Crippen LogP contribution in [0.5, 0.6) is 5.75 Å². The van der Waals surface area contributed by atoms with Gasteiger partial charge in [-0.2, -0.15) is 0 Å². The minimum atomic E-state index is -0.397. The molecule has 0 aliphatic carbocycles. The first kappa shape index (κ1) is 15.8. The number of carbonyl (C=O) groups excluding carboxylic acids is 1. The van der Waals surface area contributed by atoms with Crippen LogP contribution in [0.15, 0.2) is 18.2 Å². The molecule has 0 bridgehead atoms. The van der Waals surface area contributed by atoms with E-state index in [1.54, 1.807) is 24.1 Å². The van der Waals surface area contributed by atoms with E-state index in [0.29, 0.717) is 12.6 Å². The van der Waals surface area contributed by atoms with Crippen LogP contribution in [0.4, 0.5) is 4.39 Å². The third-order valence-corrected chi connectivity index (χ3v) is 3.99. The summed E-state index contributed by atoms with van der Waals surface area (Å²) in [6.45, 7) is 3.39. The second kappa shape index (κ2) is 6.89. The van der Waals surface area contributed by atoms with Crippen LogP contribution in [-0.2, 0) is 11.3 Å². The first-order chi connectivity index (χ1) is 10.0. The topological polar surface area (TPSA) is 41.6 Å². The van der Waals surface area contributed by atoms with Gasteiger partial charge in [-0.1, -0.05) is 6.07 Å². The average molecular weight is 294 g/mol. The molecule has 0 radical (unpaired) electrons. The number of hydrogen-bond acceptors (Lipinski definition) is 3.